The number of thiophene rings is 1. The SMILES string of the molecule is Cc1[nH]n(-c2ccccc2)c(=O)c1C(c1cccs1)c1c(C)[nH]n(-c2ccccc2)c1=O. The molecule has 2 N–H and O–H groups in total. The lowest BCUT2D eigenvalue weighted by atomic mass is 9.90. The number of hydrogen-bond donors (Lipinski definition) is 2. The van der Waals surface area contributed by atoms with Gasteiger partial charge in [-0.05, 0) is 49.6 Å². The van der Waals surface area contributed by atoms with E-state index >= 15 is 0 Å². The first-order valence-electron chi connectivity index (χ1n) is 10.3. The zero-order valence-electron chi connectivity index (χ0n) is 17.7. The lowest BCUT2D eigenvalue weighted by Gasteiger charge is -2.13. The highest BCUT2D eigenvalue weighted by Crippen LogP contribution is 2.34. The summed E-state index contributed by atoms with van der Waals surface area (Å²) in [7, 11) is 0. The highest BCUT2D eigenvalue weighted by atomic mass is 32.1. The molecule has 3 aromatic heterocycles. The second kappa shape index (κ2) is 8.01. The number of aromatic nitrogens is 4. The average Bonchev–Trinajstić information content (AvgIpc) is 3.52. The number of nitrogens with zero attached hydrogens (tertiary/aromatic N) is 2. The Morgan fingerprint density at radius 2 is 1.16 bits per heavy atom. The summed E-state index contributed by atoms with van der Waals surface area (Å²) in [6, 6.07) is 22.8. The van der Waals surface area contributed by atoms with Crippen LogP contribution in [-0.2, 0) is 0 Å². The Balaban J connectivity index is 1.75. The second-order valence-electron chi connectivity index (χ2n) is 7.70. The Morgan fingerprint density at radius 3 is 1.56 bits per heavy atom. The zero-order valence-corrected chi connectivity index (χ0v) is 18.5. The Morgan fingerprint density at radius 1 is 0.688 bits per heavy atom. The van der Waals surface area contributed by atoms with E-state index in [4.69, 9.17) is 0 Å². The Labute approximate surface area is 188 Å². The summed E-state index contributed by atoms with van der Waals surface area (Å²) in [4.78, 5) is 28.2. The van der Waals surface area contributed by atoms with Crippen molar-refractivity contribution in [1.82, 2.24) is 19.6 Å². The van der Waals surface area contributed by atoms with Gasteiger partial charge in [0, 0.05) is 16.3 Å². The van der Waals surface area contributed by atoms with Crippen LogP contribution in [0, 0.1) is 13.8 Å². The first-order valence-corrected chi connectivity index (χ1v) is 11.2. The molecule has 0 atom stereocenters. The van der Waals surface area contributed by atoms with Crippen molar-refractivity contribution in [2.45, 2.75) is 19.8 Å². The van der Waals surface area contributed by atoms with Crippen LogP contribution in [0.15, 0.2) is 87.8 Å². The van der Waals surface area contributed by atoms with Gasteiger partial charge < -0.3 is 0 Å². The van der Waals surface area contributed by atoms with E-state index in [1.54, 1.807) is 20.7 Å². The van der Waals surface area contributed by atoms with Gasteiger partial charge in [0.1, 0.15) is 0 Å². The maximum atomic E-state index is 13.6. The molecule has 0 aliphatic heterocycles. The van der Waals surface area contributed by atoms with Gasteiger partial charge in [-0.15, -0.1) is 11.3 Å². The van der Waals surface area contributed by atoms with E-state index in [1.165, 1.54) is 0 Å². The molecule has 5 aromatic rings. The van der Waals surface area contributed by atoms with Gasteiger partial charge in [0.25, 0.3) is 11.1 Å². The minimum absolute atomic E-state index is 0.154. The van der Waals surface area contributed by atoms with Gasteiger partial charge in [-0.25, -0.2) is 9.36 Å². The topological polar surface area (TPSA) is 75.6 Å². The summed E-state index contributed by atoms with van der Waals surface area (Å²) in [6.07, 6.45) is 0. The molecule has 0 radical (unpaired) electrons. The predicted octanol–water partition coefficient (Wildman–Crippen LogP) is 4.50. The standard InChI is InChI=1S/C25H22N4O2S/c1-16-21(24(30)28(26-16)18-10-5-3-6-11-18)23(20-14-9-15-32-20)22-17(2)27-29(25(22)31)19-12-7-4-8-13-19/h3-15,23,26-27H,1-2H3. The molecule has 0 saturated carbocycles. The summed E-state index contributed by atoms with van der Waals surface area (Å²) in [5, 5.41) is 8.39. The van der Waals surface area contributed by atoms with Gasteiger partial charge in [0.15, 0.2) is 0 Å². The number of aromatic amines is 2. The van der Waals surface area contributed by atoms with E-state index in [0.717, 1.165) is 27.6 Å². The minimum Gasteiger partial charge on any atom is -0.295 e. The molecule has 5 rings (SSSR count). The molecule has 0 unspecified atom stereocenters. The number of nitrogens with one attached hydrogen (secondary N) is 2. The largest absolute Gasteiger partial charge is 0.295 e. The maximum absolute atomic E-state index is 13.6. The van der Waals surface area contributed by atoms with Gasteiger partial charge in [-0.3, -0.25) is 19.8 Å². The van der Waals surface area contributed by atoms with Gasteiger partial charge in [-0.2, -0.15) is 0 Å². The third-order valence-electron chi connectivity index (χ3n) is 5.67. The van der Waals surface area contributed by atoms with Crippen LogP contribution >= 0.6 is 11.3 Å². The first kappa shape index (κ1) is 20.1. The number of aryl methyl sites for hydroxylation is 2. The first-order chi connectivity index (χ1) is 15.6. The average molecular weight is 443 g/mol. The Kier molecular flexibility index (Phi) is 5.03. The van der Waals surface area contributed by atoms with Crippen LogP contribution in [0.3, 0.4) is 0 Å². The lowest BCUT2D eigenvalue weighted by molar-refractivity contribution is 0.831. The summed E-state index contributed by atoms with van der Waals surface area (Å²) >= 11 is 1.54. The van der Waals surface area contributed by atoms with Crippen molar-refractivity contribution < 1.29 is 0 Å². The van der Waals surface area contributed by atoms with E-state index < -0.39 is 5.92 Å². The van der Waals surface area contributed by atoms with Gasteiger partial charge in [-0.1, -0.05) is 42.5 Å². The number of benzene rings is 2. The molecule has 0 fully saturated rings. The molecule has 0 bridgehead atoms. The van der Waals surface area contributed by atoms with Crippen molar-refractivity contribution in [3.8, 4) is 11.4 Å². The minimum atomic E-state index is -0.475. The van der Waals surface area contributed by atoms with Gasteiger partial charge in [0.2, 0.25) is 0 Å². The Hall–Kier alpha value is -3.84. The molecule has 0 amide bonds. The molecule has 0 aliphatic rings. The summed E-state index contributed by atoms with van der Waals surface area (Å²) in [5.74, 6) is -0.475. The van der Waals surface area contributed by atoms with Gasteiger partial charge in [0.05, 0.1) is 28.4 Å². The highest BCUT2D eigenvalue weighted by Gasteiger charge is 2.31. The zero-order chi connectivity index (χ0) is 22.2. The summed E-state index contributed by atoms with van der Waals surface area (Å²) < 4.78 is 3.09. The van der Waals surface area contributed by atoms with Crippen LogP contribution in [0.5, 0.6) is 0 Å². The van der Waals surface area contributed by atoms with E-state index in [2.05, 4.69) is 10.2 Å². The molecular weight excluding hydrogens is 420 g/mol. The van der Waals surface area contributed by atoms with Crippen molar-refractivity contribution in [1.29, 1.82) is 0 Å². The fourth-order valence-electron chi connectivity index (χ4n) is 4.20. The van der Waals surface area contributed by atoms with Crippen molar-refractivity contribution in [2.75, 3.05) is 0 Å². The van der Waals surface area contributed by atoms with Crippen molar-refractivity contribution in [2.24, 2.45) is 0 Å². The lowest BCUT2D eigenvalue weighted by Crippen LogP contribution is -2.25. The Bertz CT molecular complexity index is 1370. The molecule has 3 heterocycles. The number of rotatable bonds is 5. The third kappa shape index (κ3) is 3.27. The fourth-order valence-corrected chi connectivity index (χ4v) is 5.04. The van der Waals surface area contributed by atoms with Crippen LogP contribution in [-0.4, -0.2) is 19.6 Å². The molecule has 32 heavy (non-hydrogen) atoms. The van der Waals surface area contributed by atoms with Crippen LogP contribution < -0.4 is 11.1 Å². The van der Waals surface area contributed by atoms with Crippen molar-refractivity contribution >= 4 is 11.3 Å². The molecule has 160 valence electrons. The molecule has 2 aromatic carbocycles. The molecule has 0 saturated heterocycles. The predicted molar refractivity (Wildman–Crippen MR) is 128 cm³/mol. The maximum Gasteiger partial charge on any atom is 0.275 e. The fraction of sp³-hybridized carbons (Fsp3) is 0.120. The highest BCUT2D eigenvalue weighted by molar-refractivity contribution is 7.10. The van der Waals surface area contributed by atoms with Crippen LogP contribution in [0.25, 0.3) is 11.4 Å². The number of para-hydroxylation sites is 2. The van der Waals surface area contributed by atoms with E-state index in [-0.39, 0.29) is 11.1 Å². The van der Waals surface area contributed by atoms with Crippen LogP contribution in [0.1, 0.15) is 33.3 Å². The summed E-state index contributed by atoms with van der Waals surface area (Å²) in [5.41, 5.74) is 3.84. The van der Waals surface area contributed by atoms with Crippen LogP contribution in [0.4, 0.5) is 0 Å². The van der Waals surface area contributed by atoms with Gasteiger partial charge >= 0.3 is 0 Å². The molecule has 6 nitrogen and oxygen atoms in total. The molecule has 0 spiro atoms. The molecular formula is C25H22N4O2S. The molecule has 0 aliphatic carbocycles. The summed E-state index contributed by atoms with van der Waals surface area (Å²) in [6.45, 7) is 3.77. The monoisotopic (exact) mass is 442 g/mol. The van der Waals surface area contributed by atoms with Crippen LogP contribution in [0.2, 0.25) is 0 Å². The second-order valence-corrected chi connectivity index (χ2v) is 8.68. The molecule has 7 heteroatoms. The normalized spacial score (nSPS) is 11.3. The van der Waals surface area contributed by atoms with Crippen molar-refractivity contribution in [3.05, 3.63) is 126 Å². The smallest absolute Gasteiger partial charge is 0.275 e. The van der Waals surface area contributed by atoms with E-state index in [9.17, 15) is 9.59 Å². The number of hydrogen-bond acceptors (Lipinski definition) is 3. The van der Waals surface area contributed by atoms with E-state index in [0.29, 0.717) is 11.1 Å². The van der Waals surface area contributed by atoms with E-state index in [1.807, 2.05) is 92.0 Å². The van der Waals surface area contributed by atoms with Crippen molar-refractivity contribution in [3.63, 3.8) is 0 Å². The third-order valence-corrected chi connectivity index (χ3v) is 6.61. The number of H-pyrrole nitrogens is 2. The quantitative estimate of drug-likeness (QED) is 0.420.